The zero-order chi connectivity index (χ0) is 15.4. The monoisotopic (exact) mass is 319 g/mol. The SMILES string of the molecule is O=C(NCCC1=CCCCC1)[C@@H]1CSc2nccc(=O)n2C1. The molecule has 5 nitrogen and oxygen atoms in total. The summed E-state index contributed by atoms with van der Waals surface area (Å²) in [5, 5.41) is 3.73. The third-order valence-electron chi connectivity index (χ3n) is 4.22. The van der Waals surface area contributed by atoms with Gasteiger partial charge in [-0.1, -0.05) is 23.4 Å². The molecule has 118 valence electrons. The van der Waals surface area contributed by atoms with E-state index < -0.39 is 0 Å². The predicted octanol–water partition coefficient (Wildman–Crippen LogP) is 1.97. The lowest BCUT2D eigenvalue weighted by Gasteiger charge is -2.24. The Kier molecular flexibility index (Phi) is 4.97. The Morgan fingerprint density at radius 3 is 3.18 bits per heavy atom. The first-order valence-electron chi connectivity index (χ1n) is 7.88. The smallest absolute Gasteiger partial charge is 0.254 e. The lowest BCUT2D eigenvalue weighted by Crippen LogP contribution is -2.40. The van der Waals surface area contributed by atoms with Gasteiger partial charge in [0.05, 0.1) is 5.92 Å². The number of allylic oxidation sites excluding steroid dienone is 1. The van der Waals surface area contributed by atoms with Crippen LogP contribution in [0.3, 0.4) is 0 Å². The number of carbonyl (C=O) groups excluding carboxylic acids is 1. The van der Waals surface area contributed by atoms with Gasteiger partial charge in [0.2, 0.25) is 5.91 Å². The molecular weight excluding hydrogens is 298 g/mol. The molecule has 22 heavy (non-hydrogen) atoms. The molecule has 2 heterocycles. The summed E-state index contributed by atoms with van der Waals surface area (Å²) in [7, 11) is 0. The molecule has 0 saturated heterocycles. The Hall–Kier alpha value is -1.56. The third kappa shape index (κ3) is 3.61. The van der Waals surface area contributed by atoms with Crippen LogP contribution in [0.25, 0.3) is 0 Å². The highest BCUT2D eigenvalue weighted by Crippen LogP contribution is 2.24. The fraction of sp³-hybridized carbons (Fsp3) is 0.562. The quantitative estimate of drug-likeness (QED) is 0.681. The number of aromatic nitrogens is 2. The van der Waals surface area contributed by atoms with Crippen LogP contribution < -0.4 is 10.9 Å². The number of hydrogen-bond donors (Lipinski definition) is 1. The molecule has 0 fully saturated rings. The number of hydrogen-bond acceptors (Lipinski definition) is 4. The van der Waals surface area contributed by atoms with Crippen LogP contribution in [0.4, 0.5) is 0 Å². The van der Waals surface area contributed by atoms with E-state index in [-0.39, 0.29) is 17.4 Å². The second-order valence-electron chi connectivity index (χ2n) is 5.83. The van der Waals surface area contributed by atoms with Crippen LogP contribution in [0.15, 0.2) is 33.9 Å². The van der Waals surface area contributed by atoms with Crippen LogP contribution in [-0.4, -0.2) is 27.8 Å². The van der Waals surface area contributed by atoms with Gasteiger partial charge in [-0.2, -0.15) is 0 Å². The van der Waals surface area contributed by atoms with Gasteiger partial charge >= 0.3 is 0 Å². The third-order valence-corrected chi connectivity index (χ3v) is 5.37. The van der Waals surface area contributed by atoms with Crippen molar-refractivity contribution in [1.82, 2.24) is 14.9 Å². The molecule has 2 aliphatic rings. The molecule has 0 spiro atoms. The van der Waals surface area contributed by atoms with Crippen LogP contribution in [0.1, 0.15) is 32.1 Å². The molecule has 0 aromatic carbocycles. The molecule has 0 saturated carbocycles. The van der Waals surface area contributed by atoms with Gasteiger partial charge in [-0.25, -0.2) is 4.98 Å². The van der Waals surface area contributed by atoms with Crippen molar-refractivity contribution >= 4 is 17.7 Å². The summed E-state index contributed by atoms with van der Waals surface area (Å²) in [5.74, 6) is 0.579. The number of thioether (sulfide) groups is 1. The standard InChI is InChI=1S/C16H21N3O2S/c20-14-7-9-18-16-19(14)10-13(11-22-16)15(21)17-8-6-12-4-2-1-3-5-12/h4,7,9,13H,1-3,5-6,8,10-11H2,(H,17,21)/t13-/m0/s1. The van der Waals surface area contributed by atoms with Crippen LogP contribution >= 0.6 is 11.8 Å². The van der Waals surface area contributed by atoms with Crippen molar-refractivity contribution in [2.75, 3.05) is 12.3 Å². The summed E-state index contributed by atoms with van der Waals surface area (Å²) >= 11 is 1.48. The van der Waals surface area contributed by atoms with E-state index in [1.807, 2.05) is 0 Å². The van der Waals surface area contributed by atoms with Crippen molar-refractivity contribution in [3.8, 4) is 0 Å². The van der Waals surface area contributed by atoms with Gasteiger partial charge in [0, 0.05) is 31.1 Å². The molecule has 1 aromatic rings. The van der Waals surface area contributed by atoms with Crippen molar-refractivity contribution in [1.29, 1.82) is 0 Å². The summed E-state index contributed by atoms with van der Waals surface area (Å²) in [6.45, 7) is 1.13. The van der Waals surface area contributed by atoms with Gasteiger partial charge in [0.15, 0.2) is 5.16 Å². The Labute approximate surface area is 134 Å². The van der Waals surface area contributed by atoms with E-state index in [0.29, 0.717) is 24.0 Å². The molecule has 0 unspecified atom stereocenters. The lowest BCUT2D eigenvalue weighted by molar-refractivity contribution is -0.124. The van der Waals surface area contributed by atoms with Crippen molar-refractivity contribution in [2.24, 2.45) is 5.92 Å². The molecule has 1 atom stereocenters. The highest BCUT2D eigenvalue weighted by atomic mass is 32.2. The van der Waals surface area contributed by atoms with Gasteiger partial charge in [0.1, 0.15) is 0 Å². The minimum atomic E-state index is -0.153. The van der Waals surface area contributed by atoms with Crippen LogP contribution in [-0.2, 0) is 11.3 Å². The van der Waals surface area contributed by atoms with Crippen molar-refractivity contribution in [2.45, 2.75) is 43.8 Å². The van der Waals surface area contributed by atoms with Crippen molar-refractivity contribution < 1.29 is 4.79 Å². The summed E-state index contributed by atoms with van der Waals surface area (Å²) in [4.78, 5) is 28.3. The number of carbonyl (C=O) groups is 1. The highest BCUT2D eigenvalue weighted by molar-refractivity contribution is 7.99. The maximum absolute atomic E-state index is 12.3. The number of rotatable bonds is 4. The van der Waals surface area contributed by atoms with Crippen molar-refractivity contribution in [3.63, 3.8) is 0 Å². The van der Waals surface area contributed by atoms with Gasteiger partial charge < -0.3 is 5.32 Å². The number of fused-ring (bicyclic) bond motifs is 1. The lowest BCUT2D eigenvalue weighted by atomic mass is 9.97. The first-order valence-corrected chi connectivity index (χ1v) is 8.87. The normalized spacial score (nSPS) is 20.9. The summed E-state index contributed by atoms with van der Waals surface area (Å²) in [5.41, 5.74) is 1.39. The average Bonchev–Trinajstić information content (AvgIpc) is 2.56. The number of nitrogens with one attached hydrogen (secondary N) is 1. The molecule has 0 bridgehead atoms. The summed E-state index contributed by atoms with van der Waals surface area (Å²) in [6, 6.07) is 1.44. The largest absolute Gasteiger partial charge is 0.355 e. The first-order chi connectivity index (χ1) is 10.7. The van der Waals surface area contributed by atoms with E-state index in [1.54, 1.807) is 4.57 Å². The Bertz CT molecular complexity index is 639. The maximum Gasteiger partial charge on any atom is 0.254 e. The second kappa shape index (κ2) is 7.13. The second-order valence-corrected chi connectivity index (χ2v) is 6.82. The minimum absolute atomic E-state index is 0.0466. The van der Waals surface area contributed by atoms with Gasteiger partial charge in [-0.15, -0.1) is 0 Å². The molecule has 0 radical (unpaired) electrons. The zero-order valence-corrected chi connectivity index (χ0v) is 13.4. The van der Waals surface area contributed by atoms with Gasteiger partial charge in [-0.05, 0) is 32.1 Å². The Morgan fingerprint density at radius 1 is 1.45 bits per heavy atom. The van der Waals surface area contributed by atoms with Crippen molar-refractivity contribution in [3.05, 3.63) is 34.3 Å². The topological polar surface area (TPSA) is 64.0 Å². The maximum atomic E-state index is 12.3. The summed E-state index contributed by atoms with van der Waals surface area (Å²) < 4.78 is 1.60. The zero-order valence-electron chi connectivity index (χ0n) is 12.6. The number of amides is 1. The Balaban J connectivity index is 1.52. The van der Waals surface area contributed by atoms with E-state index in [0.717, 1.165) is 6.42 Å². The molecule has 1 aliphatic carbocycles. The van der Waals surface area contributed by atoms with Gasteiger partial charge in [-0.3, -0.25) is 14.2 Å². The van der Waals surface area contributed by atoms with Gasteiger partial charge in [0.25, 0.3) is 5.56 Å². The van der Waals surface area contributed by atoms with E-state index >= 15 is 0 Å². The molecule has 3 rings (SSSR count). The van der Waals surface area contributed by atoms with Crippen LogP contribution in [0.2, 0.25) is 0 Å². The highest BCUT2D eigenvalue weighted by Gasteiger charge is 2.26. The van der Waals surface area contributed by atoms with E-state index in [2.05, 4.69) is 16.4 Å². The first kappa shape index (κ1) is 15.3. The van der Waals surface area contributed by atoms with E-state index in [4.69, 9.17) is 0 Å². The molecular formula is C16H21N3O2S. The van der Waals surface area contributed by atoms with E-state index in [9.17, 15) is 9.59 Å². The minimum Gasteiger partial charge on any atom is -0.355 e. The fourth-order valence-corrected chi connectivity index (χ4v) is 3.99. The Morgan fingerprint density at radius 2 is 2.36 bits per heavy atom. The van der Waals surface area contributed by atoms with Crippen LogP contribution in [0, 0.1) is 5.92 Å². The average molecular weight is 319 g/mol. The molecule has 1 N–H and O–H groups in total. The molecule has 1 aromatic heterocycles. The summed E-state index contributed by atoms with van der Waals surface area (Å²) in [6.07, 6.45) is 9.69. The molecule has 6 heteroatoms. The van der Waals surface area contributed by atoms with Crippen LogP contribution in [0.5, 0.6) is 0 Å². The molecule has 1 aliphatic heterocycles. The molecule has 1 amide bonds. The number of nitrogens with zero attached hydrogens (tertiary/aromatic N) is 2. The van der Waals surface area contributed by atoms with E-state index in [1.165, 1.54) is 55.3 Å². The predicted molar refractivity (Wildman–Crippen MR) is 86.9 cm³/mol. The fourth-order valence-electron chi connectivity index (χ4n) is 2.93.